The van der Waals surface area contributed by atoms with Crippen molar-refractivity contribution in [2.75, 3.05) is 20.3 Å². The molecule has 5 rings (SSSR count). The van der Waals surface area contributed by atoms with E-state index < -0.39 is 73.0 Å². The van der Waals surface area contributed by atoms with Crippen molar-refractivity contribution in [2.45, 2.75) is 89.6 Å². The molecule has 2 fully saturated rings. The number of ether oxygens (including phenoxy) is 8. The van der Waals surface area contributed by atoms with Crippen molar-refractivity contribution in [1.82, 2.24) is 0 Å². The number of azide groups is 1. The Morgan fingerprint density at radius 2 is 1.49 bits per heavy atom. The van der Waals surface area contributed by atoms with Crippen molar-refractivity contribution in [3.8, 4) is 5.75 Å². The molecule has 0 amide bonds. The van der Waals surface area contributed by atoms with E-state index in [4.69, 9.17) is 43.4 Å². The minimum atomic E-state index is -1.40. The van der Waals surface area contributed by atoms with Gasteiger partial charge in [0.1, 0.15) is 18.0 Å². The first-order valence-corrected chi connectivity index (χ1v) is 17.6. The molecule has 0 aliphatic carbocycles. The van der Waals surface area contributed by atoms with Crippen LogP contribution >= 0.6 is 0 Å². The second-order valence-corrected chi connectivity index (χ2v) is 13.1. The van der Waals surface area contributed by atoms with Crippen molar-refractivity contribution in [1.29, 1.82) is 0 Å². The molecule has 0 saturated carbocycles. The van der Waals surface area contributed by atoms with E-state index in [-0.39, 0.29) is 13.2 Å². The first kappa shape index (κ1) is 39.7. The lowest BCUT2D eigenvalue weighted by atomic mass is 9.88. The average molecular weight is 734 g/mol. The molecule has 0 spiro atoms. The predicted octanol–water partition coefficient (Wildman–Crippen LogP) is 5.29. The first-order valence-electron chi connectivity index (χ1n) is 17.6. The minimum Gasteiger partial charge on any atom is -0.467 e. The maximum atomic E-state index is 12.8. The Kier molecular flexibility index (Phi) is 14.6. The largest absolute Gasteiger partial charge is 0.467 e. The van der Waals surface area contributed by atoms with Gasteiger partial charge < -0.3 is 43.0 Å². The summed E-state index contributed by atoms with van der Waals surface area (Å²) < 4.78 is 49.2. The third kappa shape index (κ3) is 10.8. The van der Waals surface area contributed by atoms with Crippen molar-refractivity contribution >= 4 is 11.9 Å². The van der Waals surface area contributed by atoms with E-state index in [1.807, 2.05) is 79.7 Å². The van der Waals surface area contributed by atoms with Crippen molar-refractivity contribution < 1.29 is 52.6 Å². The molecule has 14 nitrogen and oxygen atoms in total. The molecular weight excluding hydrogens is 686 g/mol. The Morgan fingerprint density at radius 1 is 0.830 bits per heavy atom. The van der Waals surface area contributed by atoms with Gasteiger partial charge in [0, 0.05) is 30.2 Å². The molecule has 3 aromatic carbocycles. The zero-order chi connectivity index (χ0) is 37.7. The van der Waals surface area contributed by atoms with Gasteiger partial charge in [-0.05, 0) is 40.8 Å². The summed E-state index contributed by atoms with van der Waals surface area (Å²) in [5, 5.41) is 14.9. The fourth-order valence-electron chi connectivity index (χ4n) is 6.38. The molecule has 2 aliphatic heterocycles. The highest BCUT2D eigenvalue weighted by Gasteiger charge is 2.53. The quantitative estimate of drug-likeness (QED) is 0.0876. The van der Waals surface area contributed by atoms with Crippen LogP contribution in [0.15, 0.2) is 90.0 Å². The summed E-state index contributed by atoms with van der Waals surface area (Å²) in [5.41, 5.74) is 11.5. The van der Waals surface area contributed by atoms with Gasteiger partial charge in [0.15, 0.2) is 18.5 Å². The number of aliphatic hydroxyl groups is 1. The highest BCUT2D eigenvalue weighted by molar-refractivity contribution is 5.75. The summed E-state index contributed by atoms with van der Waals surface area (Å²) in [4.78, 5) is 27.9. The molecule has 53 heavy (non-hydrogen) atoms. The Balaban J connectivity index is 1.47. The molecule has 0 aromatic heterocycles. The van der Waals surface area contributed by atoms with E-state index in [1.54, 1.807) is 19.1 Å². The monoisotopic (exact) mass is 733 g/mol. The summed E-state index contributed by atoms with van der Waals surface area (Å²) in [6, 6.07) is 26.6. The number of esters is 2. The Morgan fingerprint density at radius 3 is 2.11 bits per heavy atom. The number of benzene rings is 3. The van der Waals surface area contributed by atoms with E-state index in [9.17, 15) is 14.7 Å². The number of nitrogens with zero attached hydrogens (tertiary/aromatic N) is 3. The molecule has 2 saturated heterocycles. The SMILES string of the molecule is COC(=O)C1O[C@@H](O[C@@H]2C(OCc3ccccc3)[C@H](Oc3ccc(CCN=[N+]=[N-])cc3)OC(COCc3ccccc3)[C@@H]2C)C(OC(C)=O)[C@@H](O)[C@@H]1C. The van der Waals surface area contributed by atoms with Gasteiger partial charge in [-0.3, -0.25) is 4.79 Å². The van der Waals surface area contributed by atoms with Crippen LogP contribution in [0, 0.1) is 11.8 Å². The lowest BCUT2D eigenvalue weighted by Gasteiger charge is -2.48. The molecule has 2 aliphatic rings. The lowest BCUT2D eigenvalue weighted by Crippen LogP contribution is -2.63. The van der Waals surface area contributed by atoms with Crippen molar-refractivity contribution in [3.05, 3.63) is 112 Å². The molecule has 0 radical (unpaired) electrons. The van der Waals surface area contributed by atoms with Crippen molar-refractivity contribution in [3.63, 3.8) is 0 Å². The maximum Gasteiger partial charge on any atom is 0.335 e. The minimum absolute atomic E-state index is 0.156. The van der Waals surface area contributed by atoms with Crippen LogP contribution in [-0.2, 0) is 62.4 Å². The second-order valence-electron chi connectivity index (χ2n) is 13.1. The number of hydrogen-bond donors (Lipinski definition) is 1. The zero-order valence-electron chi connectivity index (χ0n) is 30.3. The number of carbonyl (C=O) groups excluding carboxylic acids is 2. The van der Waals surface area contributed by atoms with E-state index in [0.717, 1.165) is 16.7 Å². The third-order valence-corrected chi connectivity index (χ3v) is 9.35. The molecule has 2 heterocycles. The number of aliphatic hydroxyl groups excluding tert-OH is 1. The van der Waals surface area contributed by atoms with E-state index >= 15 is 0 Å². The standard InChI is InChI=1S/C39H47N3O11/c1-24-31(23-47-21-28-11-7-5-8-12-28)51-39(50-30-17-15-27(16-18-30)19-20-41-42-40)36(48-22-29-13-9-6-10-14-29)33(24)52-38-35(49-26(3)43)32(44)25(2)34(53-38)37(45)46-4/h5-18,24-25,31-36,38-39,44H,19-23H2,1-4H3/t24-,25-,31?,32-,33-,34?,35?,36?,38+,39+/m0/s1. The van der Waals surface area contributed by atoms with E-state index in [0.29, 0.717) is 25.3 Å². The van der Waals surface area contributed by atoms with Crippen LogP contribution in [0.5, 0.6) is 5.75 Å². The summed E-state index contributed by atoms with van der Waals surface area (Å²) >= 11 is 0. The highest BCUT2D eigenvalue weighted by atomic mass is 16.7. The number of carbonyl (C=O) groups is 2. The summed E-state index contributed by atoms with van der Waals surface area (Å²) in [6.45, 7) is 5.71. The van der Waals surface area contributed by atoms with E-state index in [2.05, 4.69) is 10.0 Å². The molecule has 284 valence electrons. The number of rotatable bonds is 16. The van der Waals surface area contributed by atoms with Crippen LogP contribution in [0.2, 0.25) is 0 Å². The van der Waals surface area contributed by atoms with Gasteiger partial charge >= 0.3 is 11.9 Å². The smallest absolute Gasteiger partial charge is 0.335 e. The van der Waals surface area contributed by atoms with Gasteiger partial charge in [-0.15, -0.1) is 0 Å². The first-order chi connectivity index (χ1) is 25.7. The van der Waals surface area contributed by atoms with Crippen LogP contribution in [-0.4, -0.2) is 86.5 Å². The number of hydrogen-bond acceptors (Lipinski definition) is 12. The zero-order valence-corrected chi connectivity index (χ0v) is 30.3. The van der Waals surface area contributed by atoms with Crippen molar-refractivity contribution in [2.24, 2.45) is 17.0 Å². The summed E-state index contributed by atoms with van der Waals surface area (Å²) in [6.07, 6.45) is -8.07. The summed E-state index contributed by atoms with van der Waals surface area (Å²) in [5.74, 6) is -2.12. The molecular formula is C39H47N3O11. The van der Waals surface area contributed by atoms with Crippen LogP contribution < -0.4 is 4.74 Å². The van der Waals surface area contributed by atoms with Crippen LogP contribution in [0.3, 0.4) is 0 Å². The lowest BCUT2D eigenvalue weighted by molar-refractivity contribution is -0.343. The normalized spacial score (nSPS) is 28.3. The molecule has 14 heteroatoms. The molecule has 10 atom stereocenters. The average Bonchev–Trinajstić information content (AvgIpc) is 3.17. The fraction of sp³-hybridized carbons (Fsp3) is 0.487. The second kappa shape index (κ2) is 19.5. The fourth-order valence-corrected chi connectivity index (χ4v) is 6.38. The molecule has 0 bridgehead atoms. The topological polar surface area (TPSA) is 177 Å². The van der Waals surface area contributed by atoms with Gasteiger partial charge in [0.2, 0.25) is 6.29 Å². The van der Waals surface area contributed by atoms with Crippen LogP contribution in [0.25, 0.3) is 10.4 Å². The van der Waals surface area contributed by atoms with Crippen LogP contribution in [0.4, 0.5) is 0 Å². The predicted molar refractivity (Wildman–Crippen MR) is 190 cm³/mol. The van der Waals surface area contributed by atoms with Gasteiger partial charge in [-0.2, -0.15) is 0 Å². The van der Waals surface area contributed by atoms with Gasteiger partial charge in [0.25, 0.3) is 0 Å². The Hall–Kier alpha value is -4.53. The highest BCUT2D eigenvalue weighted by Crippen LogP contribution is 2.37. The Bertz CT molecular complexity index is 1640. The molecule has 3 aromatic rings. The summed E-state index contributed by atoms with van der Waals surface area (Å²) in [7, 11) is 1.22. The van der Waals surface area contributed by atoms with Crippen LogP contribution in [0.1, 0.15) is 37.5 Å². The van der Waals surface area contributed by atoms with Gasteiger partial charge in [-0.1, -0.05) is 91.8 Å². The number of methoxy groups -OCH3 is 1. The Labute approximate surface area is 308 Å². The molecule has 1 N–H and O–H groups in total. The maximum absolute atomic E-state index is 12.8. The third-order valence-electron chi connectivity index (χ3n) is 9.35. The van der Waals surface area contributed by atoms with Gasteiger partial charge in [-0.25, -0.2) is 4.79 Å². The van der Waals surface area contributed by atoms with E-state index in [1.165, 1.54) is 14.0 Å². The molecule has 4 unspecified atom stereocenters. The van der Waals surface area contributed by atoms with Gasteiger partial charge in [0.05, 0.1) is 39.1 Å².